The second-order valence-electron chi connectivity index (χ2n) is 4.46. The molecule has 0 atom stereocenters. The molecule has 1 aromatic heterocycles. The van der Waals surface area contributed by atoms with Crippen molar-refractivity contribution < 1.29 is 4.79 Å². The lowest BCUT2D eigenvalue weighted by Gasteiger charge is -2.12. The van der Waals surface area contributed by atoms with Gasteiger partial charge in [-0.2, -0.15) is 0 Å². The molecular formula is C13H18N4O. The molecular weight excluding hydrogens is 228 g/mol. The van der Waals surface area contributed by atoms with Crippen LogP contribution in [0.2, 0.25) is 0 Å². The maximum Gasteiger partial charge on any atom is 0.224 e. The number of allylic oxidation sites excluding steroid dienone is 1. The van der Waals surface area contributed by atoms with Crippen LogP contribution in [0.25, 0.3) is 0 Å². The first-order valence-electron chi connectivity index (χ1n) is 6.26. The minimum absolute atomic E-state index is 0.0224. The Bertz CT molecular complexity index is 456. The summed E-state index contributed by atoms with van der Waals surface area (Å²) in [5, 5.41) is 2.81. The predicted molar refractivity (Wildman–Crippen MR) is 69.5 cm³/mol. The topological polar surface area (TPSA) is 80.9 Å². The zero-order chi connectivity index (χ0) is 12.8. The van der Waals surface area contributed by atoms with Crippen molar-refractivity contribution in [1.29, 1.82) is 0 Å². The first-order valence-corrected chi connectivity index (χ1v) is 6.26. The monoisotopic (exact) mass is 246 g/mol. The Kier molecular flexibility index (Phi) is 4.28. The largest absolute Gasteiger partial charge is 0.384 e. The molecule has 5 nitrogen and oxygen atoms in total. The molecule has 0 bridgehead atoms. The molecule has 0 radical (unpaired) electrons. The predicted octanol–water partition coefficient (Wildman–Crippen LogP) is 1.57. The Morgan fingerprint density at radius 1 is 1.44 bits per heavy atom. The van der Waals surface area contributed by atoms with Crippen molar-refractivity contribution in [3.8, 4) is 0 Å². The van der Waals surface area contributed by atoms with Crippen LogP contribution in [0.3, 0.4) is 0 Å². The van der Waals surface area contributed by atoms with Gasteiger partial charge < -0.3 is 11.1 Å². The molecule has 5 heteroatoms. The third-order valence-electron chi connectivity index (χ3n) is 2.94. The molecule has 1 amide bonds. The molecule has 0 saturated carbocycles. The van der Waals surface area contributed by atoms with Gasteiger partial charge in [-0.3, -0.25) is 4.79 Å². The van der Waals surface area contributed by atoms with Crippen LogP contribution in [-0.4, -0.2) is 15.9 Å². The maximum atomic E-state index is 11.7. The molecule has 0 unspecified atom stereocenters. The average Bonchev–Trinajstić information content (AvgIpc) is 2.38. The number of nitrogens with one attached hydrogen (secondary N) is 1. The zero-order valence-corrected chi connectivity index (χ0v) is 10.4. The number of carbonyl (C=O) groups excluding carboxylic acids is 1. The van der Waals surface area contributed by atoms with E-state index in [0.717, 1.165) is 12.8 Å². The number of nitrogen functional groups attached to an aromatic ring is 1. The molecule has 0 saturated heterocycles. The van der Waals surface area contributed by atoms with Crippen LogP contribution in [0, 0.1) is 0 Å². The number of rotatable bonds is 4. The number of amides is 1. The van der Waals surface area contributed by atoms with Crippen LogP contribution >= 0.6 is 0 Å². The summed E-state index contributed by atoms with van der Waals surface area (Å²) in [4.78, 5) is 19.8. The van der Waals surface area contributed by atoms with Crippen LogP contribution in [-0.2, 0) is 11.3 Å². The van der Waals surface area contributed by atoms with Gasteiger partial charge in [0.25, 0.3) is 0 Å². The number of aromatic nitrogens is 2. The highest BCUT2D eigenvalue weighted by Gasteiger charge is 2.09. The molecule has 3 N–H and O–H groups in total. The van der Waals surface area contributed by atoms with Gasteiger partial charge in [-0.05, 0) is 31.7 Å². The van der Waals surface area contributed by atoms with Crippen molar-refractivity contribution in [1.82, 2.24) is 15.3 Å². The van der Waals surface area contributed by atoms with Gasteiger partial charge in [0.2, 0.25) is 5.91 Å². The Labute approximate surface area is 107 Å². The highest BCUT2D eigenvalue weighted by molar-refractivity contribution is 5.78. The van der Waals surface area contributed by atoms with Gasteiger partial charge in [-0.15, -0.1) is 0 Å². The van der Waals surface area contributed by atoms with Crippen LogP contribution in [0.5, 0.6) is 0 Å². The van der Waals surface area contributed by atoms with Crippen molar-refractivity contribution in [2.45, 2.75) is 38.6 Å². The Hall–Kier alpha value is -1.91. The van der Waals surface area contributed by atoms with Gasteiger partial charge in [0.15, 0.2) is 0 Å². The summed E-state index contributed by atoms with van der Waals surface area (Å²) in [6.07, 6.45) is 8.83. The van der Waals surface area contributed by atoms with Crippen LogP contribution < -0.4 is 11.1 Å². The van der Waals surface area contributed by atoms with E-state index in [9.17, 15) is 4.79 Å². The maximum absolute atomic E-state index is 11.7. The number of carbonyl (C=O) groups is 1. The smallest absolute Gasteiger partial charge is 0.224 e. The second-order valence-corrected chi connectivity index (χ2v) is 4.46. The molecule has 1 aliphatic carbocycles. The lowest BCUT2D eigenvalue weighted by atomic mass is 9.97. The number of anilines is 1. The molecule has 96 valence electrons. The highest BCUT2D eigenvalue weighted by Crippen LogP contribution is 2.19. The van der Waals surface area contributed by atoms with E-state index in [0.29, 0.717) is 24.6 Å². The molecule has 1 aromatic rings. The lowest BCUT2D eigenvalue weighted by Crippen LogP contribution is -2.24. The molecule has 1 heterocycles. The Morgan fingerprint density at radius 3 is 3.06 bits per heavy atom. The van der Waals surface area contributed by atoms with E-state index in [1.807, 2.05) is 0 Å². The number of hydrogen-bond donors (Lipinski definition) is 2. The minimum atomic E-state index is 0.0224. The van der Waals surface area contributed by atoms with E-state index in [-0.39, 0.29) is 5.91 Å². The SMILES string of the molecule is Nc1ccnc(CNC(=O)CC2=CCCCC2)n1. The van der Waals surface area contributed by atoms with Crippen molar-refractivity contribution in [3.05, 3.63) is 29.7 Å². The summed E-state index contributed by atoms with van der Waals surface area (Å²) in [6, 6.07) is 1.62. The van der Waals surface area contributed by atoms with Crippen LogP contribution in [0.1, 0.15) is 37.9 Å². The van der Waals surface area contributed by atoms with Gasteiger partial charge in [0.05, 0.1) is 6.54 Å². The van der Waals surface area contributed by atoms with Gasteiger partial charge >= 0.3 is 0 Å². The summed E-state index contributed by atoms with van der Waals surface area (Å²) in [7, 11) is 0. The van der Waals surface area contributed by atoms with E-state index in [4.69, 9.17) is 5.73 Å². The van der Waals surface area contributed by atoms with Gasteiger partial charge in [0, 0.05) is 12.6 Å². The van der Waals surface area contributed by atoms with Gasteiger partial charge in [0.1, 0.15) is 11.6 Å². The summed E-state index contributed by atoms with van der Waals surface area (Å²) < 4.78 is 0. The fraction of sp³-hybridized carbons (Fsp3) is 0.462. The number of nitrogens with zero attached hydrogens (tertiary/aromatic N) is 2. The highest BCUT2D eigenvalue weighted by atomic mass is 16.1. The molecule has 0 fully saturated rings. The molecule has 0 spiro atoms. The molecule has 0 aliphatic heterocycles. The standard InChI is InChI=1S/C13H18N4O/c14-11-6-7-15-12(17-11)9-16-13(18)8-10-4-2-1-3-5-10/h4,6-7H,1-3,5,8-9H2,(H,16,18)(H2,14,15,17). The van der Waals surface area contributed by atoms with Crippen molar-refractivity contribution in [2.75, 3.05) is 5.73 Å². The van der Waals surface area contributed by atoms with Gasteiger partial charge in [-0.25, -0.2) is 9.97 Å². The van der Waals surface area contributed by atoms with Gasteiger partial charge in [-0.1, -0.05) is 11.6 Å². The third kappa shape index (κ3) is 3.84. The summed E-state index contributed by atoms with van der Waals surface area (Å²) >= 11 is 0. The fourth-order valence-electron chi connectivity index (χ4n) is 2.01. The van der Waals surface area contributed by atoms with E-state index in [1.54, 1.807) is 12.3 Å². The first-order chi connectivity index (χ1) is 8.74. The van der Waals surface area contributed by atoms with Crippen molar-refractivity contribution in [2.24, 2.45) is 0 Å². The zero-order valence-electron chi connectivity index (χ0n) is 10.4. The quantitative estimate of drug-likeness (QED) is 0.790. The molecule has 0 aromatic carbocycles. The first kappa shape index (κ1) is 12.5. The van der Waals surface area contributed by atoms with E-state index < -0.39 is 0 Å². The van der Waals surface area contributed by atoms with E-state index in [1.165, 1.54) is 18.4 Å². The number of hydrogen-bond acceptors (Lipinski definition) is 4. The second kappa shape index (κ2) is 6.14. The van der Waals surface area contributed by atoms with E-state index >= 15 is 0 Å². The third-order valence-corrected chi connectivity index (χ3v) is 2.94. The van der Waals surface area contributed by atoms with E-state index in [2.05, 4.69) is 21.4 Å². The lowest BCUT2D eigenvalue weighted by molar-refractivity contribution is -0.120. The normalized spacial score (nSPS) is 15.0. The molecule has 18 heavy (non-hydrogen) atoms. The summed E-state index contributed by atoms with van der Waals surface area (Å²) in [6.45, 7) is 0.331. The molecule has 1 aliphatic rings. The molecule has 2 rings (SSSR count). The fourth-order valence-corrected chi connectivity index (χ4v) is 2.01. The summed E-state index contributed by atoms with van der Waals surface area (Å²) in [5.41, 5.74) is 6.78. The van der Waals surface area contributed by atoms with Crippen molar-refractivity contribution in [3.63, 3.8) is 0 Å². The summed E-state index contributed by atoms with van der Waals surface area (Å²) in [5.74, 6) is 0.986. The van der Waals surface area contributed by atoms with Crippen molar-refractivity contribution >= 4 is 11.7 Å². The Morgan fingerprint density at radius 2 is 2.33 bits per heavy atom. The minimum Gasteiger partial charge on any atom is -0.384 e. The number of nitrogens with two attached hydrogens (primary N) is 1. The average molecular weight is 246 g/mol. The van der Waals surface area contributed by atoms with Crippen LogP contribution in [0.4, 0.5) is 5.82 Å². The van der Waals surface area contributed by atoms with Crippen LogP contribution in [0.15, 0.2) is 23.9 Å². The Balaban J connectivity index is 1.79.